The highest BCUT2D eigenvalue weighted by molar-refractivity contribution is 5.78. The first-order chi connectivity index (χ1) is 9.11. The highest BCUT2D eigenvalue weighted by atomic mass is 16.6. The van der Waals surface area contributed by atoms with Crippen molar-refractivity contribution in [3.8, 4) is 5.75 Å². The molecule has 1 aromatic rings. The van der Waals surface area contributed by atoms with Crippen LogP contribution in [0.2, 0.25) is 0 Å². The zero-order chi connectivity index (χ0) is 13.8. The zero-order valence-corrected chi connectivity index (χ0v) is 11.5. The van der Waals surface area contributed by atoms with Gasteiger partial charge in [-0.1, -0.05) is 12.1 Å². The van der Waals surface area contributed by atoms with E-state index in [9.17, 15) is 4.79 Å². The third kappa shape index (κ3) is 3.68. The number of hydrogen-bond donors (Lipinski definition) is 0. The van der Waals surface area contributed by atoms with E-state index in [1.807, 2.05) is 43.3 Å². The predicted molar refractivity (Wildman–Crippen MR) is 70.1 cm³/mol. The van der Waals surface area contributed by atoms with E-state index in [0.717, 1.165) is 11.3 Å². The summed E-state index contributed by atoms with van der Waals surface area (Å²) < 4.78 is 15.6. The van der Waals surface area contributed by atoms with Crippen molar-refractivity contribution in [2.24, 2.45) is 0 Å². The van der Waals surface area contributed by atoms with Crippen molar-refractivity contribution in [3.05, 3.63) is 29.8 Å². The number of hydrogen-bond acceptors (Lipinski definition) is 5. The number of likely N-dealkylation sites (N-methyl/N-ethyl adjacent to an activating group) is 1. The summed E-state index contributed by atoms with van der Waals surface area (Å²) in [5.41, 5.74) is 0.968. The van der Waals surface area contributed by atoms with Crippen molar-refractivity contribution >= 4 is 5.97 Å². The van der Waals surface area contributed by atoms with Crippen molar-refractivity contribution in [1.82, 2.24) is 4.90 Å². The molecule has 1 aliphatic rings. The molecule has 1 saturated heterocycles. The number of ether oxygens (including phenoxy) is 3. The van der Waals surface area contributed by atoms with Gasteiger partial charge in [-0.05, 0) is 31.8 Å². The molecular formula is C14H19NO4. The Morgan fingerprint density at radius 2 is 2.00 bits per heavy atom. The Kier molecular flexibility index (Phi) is 4.39. The first-order valence-corrected chi connectivity index (χ1v) is 6.22. The number of benzene rings is 1. The van der Waals surface area contributed by atoms with Gasteiger partial charge in [-0.25, -0.2) is 4.79 Å². The summed E-state index contributed by atoms with van der Waals surface area (Å²) in [5, 5.41) is 0. The molecule has 0 aromatic heterocycles. The number of carbonyl (C=O) groups excluding carboxylic acids is 1. The number of rotatable bonds is 6. The predicted octanol–water partition coefficient (Wildman–Crippen LogP) is 1.24. The highest BCUT2D eigenvalue weighted by Gasteiger charge is 2.47. The topological polar surface area (TPSA) is 51.3 Å². The molecule has 1 aliphatic heterocycles. The molecule has 2 rings (SSSR count). The Bertz CT molecular complexity index is 430. The van der Waals surface area contributed by atoms with Crippen LogP contribution in [0.5, 0.6) is 5.75 Å². The van der Waals surface area contributed by atoms with E-state index in [1.165, 1.54) is 0 Å². The van der Waals surface area contributed by atoms with Gasteiger partial charge in [-0.3, -0.25) is 0 Å². The van der Waals surface area contributed by atoms with Crippen LogP contribution >= 0.6 is 0 Å². The number of nitrogens with zero attached hydrogens (tertiary/aromatic N) is 1. The number of esters is 1. The molecule has 0 unspecified atom stereocenters. The molecule has 1 aromatic carbocycles. The second kappa shape index (κ2) is 6.04. The van der Waals surface area contributed by atoms with Crippen LogP contribution in [0.4, 0.5) is 0 Å². The van der Waals surface area contributed by atoms with Crippen LogP contribution in [0.15, 0.2) is 24.3 Å². The van der Waals surface area contributed by atoms with Crippen molar-refractivity contribution in [1.29, 1.82) is 0 Å². The van der Waals surface area contributed by atoms with E-state index in [2.05, 4.69) is 0 Å². The maximum Gasteiger partial charge on any atom is 0.338 e. The van der Waals surface area contributed by atoms with Crippen LogP contribution in [0.3, 0.4) is 0 Å². The van der Waals surface area contributed by atoms with E-state index in [1.54, 1.807) is 7.11 Å². The fourth-order valence-corrected chi connectivity index (χ4v) is 1.75. The molecule has 1 fully saturated rings. The third-order valence-electron chi connectivity index (χ3n) is 2.95. The molecule has 0 amide bonds. The molecule has 19 heavy (non-hydrogen) atoms. The van der Waals surface area contributed by atoms with Gasteiger partial charge in [-0.15, -0.1) is 0 Å². The first-order valence-electron chi connectivity index (χ1n) is 6.22. The Morgan fingerprint density at radius 1 is 1.32 bits per heavy atom. The van der Waals surface area contributed by atoms with E-state index < -0.39 is 6.10 Å². The van der Waals surface area contributed by atoms with Gasteiger partial charge in [0.25, 0.3) is 0 Å². The number of epoxide rings is 1. The largest absolute Gasteiger partial charge is 0.497 e. The maximum absolute atomic E-state index is 11.7. The van der Waals surface area contributed by atoms with Gasteiger partial charge in [0, 0.05) is 6.54 Å². The fraction of sp³-hybridized carbons (Fsp3) is 0.500. The minimum Gasteiger partial charge on any atom is -0.497 e. The molecule has 0 saturated carbocycles. The lowest BCUT2D eigenvalue weighted by Gasteiger charge is -2.08. The highest BCUT2D eigenvalue weighted by Crippen LogP contribution is 2.39. The van der Waals surface area contributed by atoms with Crippen molar-refractivity contribution in [3.63, 3.8) is 0 Å². The summed E-state index contributed by atoms with van der Waals surface area (Å²) in [4.78, 5) is 13.7. The second-order valence-electron chi connectivity index (χ2n) is 4.72. The first kappa shape index (κ1) is 13.8. The van der Waals surface area contributed by atoms with Gasteiger partial charge in [0.1, 0.15) is 18.5 Å². The van der Waals surface area contributed by atoms with Crippen LogP contribution in [-0.2, 0) is 14.3 Å². The lowest BCUT2D eigenvalue weighted by molar-refractivity contribution is -0.145. The van der Waals surface area contributed by atoms with E-state index >= 15 is 0 Å². The second-order valence-corrected chi connectivity index (χ2v) is 4.72. The van der Waals surface area contributed by atoms with Crippen LogP contribution in [0.25, 0.3) is 0 Å². The smallest absolute Gasteiger partial charge is 0.338 e. The molecule has 0 bridgehead atoms. The lowest BCUT2D eigenvalue weighted by Crippen LogP contribution is -2.22. The SMILES string of the molecule is COc1ccc([C@@H]2O[C@@H]2C(=O)OCCN(C)C)cc1. The van der Waals surface area contributed by atoms with Gasteiger partial charge >= 0.3 is 5.97 Å². The average molecular weight is 265 g/mol. The molecule has 5 nitrogen and oxygen atoms in total. The summed E-state index contributed by atoms with van der Waals surface area (Å²) in [6.07, 6.45) is -0.645. The van der Waals surface area contributed by atoms with Gasteiger partial charge in [0.05, 0.1) is 7.11 Å². The molecule has 5 heteroatoms. The lowest BCUT2D eigenvalue weighted by atomic mass is 10.1. The van der Waals surface area contributed by atoms with Gasteiger partial charge < -0.3 is 19.1 Å². The van der Waals surface area contributed by atoms with Gasteiger partial charge in [-0.2, -0.15) is 0 Å². The average Bonchev–Trinajstić information content (AvgIpc) is 3.18. The van der Waals surface area contributed by atoms with E-state index in [4.69, 9.17) is 14.2 Å². The summed E-state index contributed by atoms with van der Waals surface area (Å²) >= 11 is 0. The zero-order valence-electron chi connectivity index (χ0n) is 11.5. The standard InChI is InChI=1S/C14H19NO4/c1-15(2)8-9-18-14(16)13-12(19-13)10-4-6-11(17-3)7-5-10/h4-7,12-13H,8-9H2,1-3H3/t12-,13-/m0/s1. The van der Waals surface area contributed by atoms with Crippen LogP contribution < -0.4 is 4.74 Å². The molecule has 2 atom stereocenters. The Morgan fingerprint density at radius 3 is 2.58 bits per heavy atom. The molecule has 0 radical (unpaired) electrons. The van der Waals surface area contributed by atoms with E-state index in [0.29, 0.717) is 13.2 Å². The van der Waals surface area contributed by atoms with Crippen molar-refractivity contribution in [2.45, 2.75) is 12.2 Å². The van der Waals surface area contributed by atoms with E-state index in [-0.39, 0.29) is 12.1 Å². The van der Waals surface area contributed by atoms with Gasteiger partial charge in [0.2, 0.25) is 0 Å². The van der Waals surface area contributed by atoms with Crippen molar-refractivity contribution in [2.75, 3.05) is 34.4 Å². The molecule has 104 valence electrons. The monoisotopic (exact) mass is 265 g/mol. The Balaban J connectivity index is 1.81. The maximum atomic E-state index is 11.7. The summed E-state index contributed by atoms with van der Waals surface area (Å²) in [5.74, 6) is 0.497. The van der Waals surface area contributed by atoms with Gasteiger partial charge in [0.15, 0.2) is 6.10 Å². The quantitative estimate of drug-likeness (QED) is 0.572. The molecule has 0 aliphatic carbocycles. The Hall–Kier alpha value is -1.59. The molecule has 0 N–H and O–H groups in total. The molecular weight excluding hydrogens is 246 g/mol. The van der Waals surface area contributed by atoms with Crippen LogP contribution in [0.1, 0.15) is 11.7 Å². The summed E-state index contributed by atoms with van der Waals surface area (Å²) in [6, 6.07) is 7.50. The normalized spacial score (nSPS) is 21.3. The minimum absolute atomic E-state index is 0.183. The molecule has 0 spiro atoms. The van der Waals surface area contributed by atoms with Crippen LogP contribution in [0, 0.1) is 0 Å². The third-order valence-corrected chi connectivity index (χ3v) is 2.95. The Labute approximate surface area is 113 Å². The molecule has 1 heterocycles. The number of methoxy groups -OCH3 is 1. The summed E-state index contributed by atoms with van der Waals surface area (Å²) in [7, 11) is 5.48. The summed E-state index contributed by atoms with van der Waals surface area (Å²) in [6.45, 7) is 1.10. The van der Waals surface area contributed by atoms with Crippen molar-refractivity contribution < 1.29 is 19.0 Å². The minimum atomic E-state index is -0.462. The van der Waals surface area contributed by atoms with Crippen LogP contribution in [-0.4, -0.2) is 51.3 Å². The number of carbonyl (C=O) groups is 1. The fourth-order valence-electron chi connectivity index (χ4n) is 1.75.